The number of hydrogen-bond donors (Lipinski definition) is 1. The van der Waals surface area contributed by atoms with Crippen LogP contribution in [0, 0.1) is 11.8 Å². The van der Waals surface area contributed by atoms with E-state index in [0.29, 0.717) is 6.54 Å². The van der Waals surface area contributed by atoms with Gasteiger partial charge in [0.15, 0.2) is 0 Å². The highest BCUT2D eigenvalue weighted by atomic mass is 32.2. The monoisotopic (exact) mass is 249 g/mol. The maximum atomic E-state index is 12.0. The molecular weight excluding hydrogens is 226 g/mol. The molecule has 1 fully saturated rings. The molecule has 0 radical (unpaired) electrons. The topological polar surface area (TPSA) is 57.6 Å². The summed E-state index contributed by atoms with van der Waals surface area (Å²) in [5.41, 5.74) is -0.887. The second-order valence-electron chi connectivity index (χ2n) is 5.43. The van der Waals surface area contributed by atoms with Crippen molar-refractivity contribution >= 4 is 10.0 Å². The van der Waals surface area contributed by atoms with Crippen LogP contribution in [0.25, 0.3) is 0 Å². The van der Waals surface area contributed by atoms with Gasteiger partial charge in [0.05, 0.1) is 10.9 Å². The molecule has 0 saturated carbocycles. The Balaban J connectivity index is 2.94. The van der Waals surface area contributed by atoms with Crippen LogP contribution in [0.2, 0.25) is 0 Å². The average Bonchev–Trinajstić information content (AvgIpc) is 2.44. The van der Waals surface area contributed by atoms with Gasteiger partial charge in [-0.3, -0.25) is 0 Å². The molecule has 5 heteroatoms. The quantitative estimate of drug-likeness (QED) is 0.814. The van der Waals surface area contributed by atoms with Crippen LogP contribution in [-0.2, 0) is 10.0 Å². The van der Waals surface area contributed by atoms with Crippen molar-refractivity contribution in [1.82, 2.24) is 4.31 Å². The van der Waals surface area contributed by atoms with Gasteiger partial charge in [-0.1, -0.05) is 20.8 Å². The summed E-state index contributed by atoms with van der Waals surface area (Å²) in [4.78, 5) is 0. The number of hydrogen-bond acceptors (Lipinski definition) is 3. The van der Waals surface area contributed by atoms with Crippen LogP contribution in [0.1, 0.15) is 34.6 Å². The maximum absolute atomic E-state index is 12.0. The van der Waals surface area contributed by atoms with Gasteiger partial charge in [0, 0.05) is 19.0 Å². The SMILES string of the molecule is CC(C)[C@]1(O)CN(S(=O)(=O)C(C)C)C[C@H]1C. The van der Waals surface area contributed by atoms with Crippen LogP contribution in [0.15, 0.2) is 0 Å². The molecule has 1 saturated heterocycles. The molecule has 0 amide bonds. The summed E-state index contributed by atoms with van der Waals surface area (Å²) >= 11 is 0. The zero-order valence-electron chi connectivity index (χ0n) is 10.8. The van der Waals surface area contributed by atoms with Gasteiger partial charge < -0.3 is 5.11 Å². The molecule has 0 unspecified atom stereocenters. The fourth-order valence-electron chi connectivity index (χ4n) is 2.21. The number of nitrogens with zero attached hydrogens (tertiary/aromatic N) is 1. The van der Waals surface area contributed by atoms with Crippen molar-refractivity contribution in [1.29, 1.82) is 0 Å². The summed E-state index contributed by atoms with van der Waals surface area (Å²) in [6.07, 6.45) is 0. The highest BCUT2D eigenvalue weighted by Crippen LogP contribution is 2.35. The minimum Gasteiger partial charge on any atom is -0.388 e. The van der Waals surface area contributed by atoms with Crippen molar-refractivity contribution in [3.05, 3.63) is 0 Å². The normalized spacial score (nSPS) is 32.9. The Bertz CT molecular complexity index is 350. The second kappa shape index (κ2) is 4.27. The number of rotatable bonds is 3. The van der Waals surface area contributed by atoms with E-state index in [2.05, 4.69) is 0 Å². The zero-order valence-corrected chi connectivity index (χ0v) is 11.6. The Morgan fingerprint density at radius 2 is 1.81 bits per heavy atom. The van der Waals surface area contributed by atoms with Crippen molar-refractivity contribution < 1.29 is 13.5 Å². The van der Waals surface area contributed by atoms with E-state index in [9.17, 15) is 13.5 Å². The first-order valence-electron chi connectivity index (χ1n) is 5.83. The molecule has 1 N–H and O–H groups in total. The Morgan fingerprint density at radius 1 is 1.31 bits per heavy atom. The first-order chi connectivity index (χ1) is 7.12. The first kappa shape index (κ1) is 13.9. The molecule has 0 aromatic carbocycles. The van der Waals surface area contributed by atoms with Gasteiger partial charge in [-0.15, -0.1) is 0 Å². The molecule has 1 rings (SSSR count). The van der Waals surface area contributed by atoms with Crippen LogP contribution in [0.3, 0.4) is 0 Å². The van der Waals surface area contributed by atoms with Gasteiger partial charge in [-0.05, 0) is 19.8 Å². The summed E-state index contributed by atoms with van der Waals surface area (Å²) in [6.45, 7) is 9.78. The molecule has 0 aliphatic carbocycles. The number of sulfonamides is 1. The van der Waals surface area contributed by atoms with Crippen molar-refractivity contribution in [3.63, 3.8) is 0 Å². The molecule has 2 atom stereocenters. The van der Waals surface area contributed by atoms with E-state index in [1.165, 1.54) is 4.31 Å². The van der Waals surface area contributed by atoms with Gasteiger partial charge in [0.1, 0.15) is 0 Å². The van der Waals surface area contributed by atoms with E-state index in [4.69, 9.17) is 0 Å². The van der Waals surface area contributed by atoms with E-state index in [-0.39, 0.29) is 18.4 Å². The number of β-amino-alcohol motifs (C(OH)–C–C–N with tert-alkyl or cyclic N) is 1. The van der Waals surface area contributed by atoms with Crippen molar-refractivity contribution in [2.75, 3.05) is 13.1 Å². The molecule has 4 nitrogen and oxygen atoms in total. The highest BCUT2D eigenvalue weighted by molar-refractivity contribution is 7.89. The van der Waals surface area contributed by atoms with Crippen LogP contribution in [0.4, 0.5) is 0 Å². The summed E-state index contributed by atoms with van der Waals surface area (Å²) in [5, 5.41) is 10.0. The zero-order chi connectivity index (χ0) is 12.7. The van der Waals surface area contributed by atoms with Crippen molar-refractivity contribution in [2.24, 2.45) is 11.8 Å². The Morgan fingerprint density at radius 3 is 2.12 bits per heavy atom. The fourth-order valence-corrected chi connectivity index (χ4v) is 3.62. The molecule has 1 heterocycles. The smallest absolute Gasteiger partial charge is 0.216 e. The third-order valence-electron chi connectivity index (χ3n) is 3.72. The van der Waals surface area contributed by atoms with Gasteiger partial charge in [0.25, 0.3) is 0 Å². The van der Waals surface area contributed by atoms with Crippen molar-refractivity contribution in [3.8, 4) is 0 Å². The van der Waals surface area contributed by atoms with Crippen LogP contribution < -0.4 is 0 Å². The lowest BCUT2D eigenvalue weighted by Gasteiger charge is -2.31. The number of aliphatic hydroxyl groups is 1. The van der Waals surface area contributed by atoms with Gasteiger partial charge in [-0.2, -0.15) is 4.31 Å². The highest BCUT2D eigenvalue weighted by Gasteiger charge is 2.48. The minimum absolute atomic E-state index is 0.0129. The lowest BCUT2D eigenvalue weighted by Crippen LogP contribution is -2.44. The predicted molar refractivity (Wildman–Crippen MR) is 64.6 cm³/mol. The van der Waals surface area contributed by atoms with E-state index >= 15 is 0 Å². The molecule has 1 aliphatic heterocycles. The van der Waals surface area contributed by atoms with Crippen LogP contribution in [-0.4, -0.2) is 41.8 Å². The predicted octanol–water partition coefficient (Wildman–Crippen LogP) is 1.06. The molecule has 96 valence electrons. The Kier molecular flexibility index (Phi) is 3.72. The third-order valence-corrected chi connectivity index (χ3v) is 5.91. The van der Waals surface area contributed by atoms with E-state index in [1.807, 2.05) is 20.8 Å². The second-order valence-corrected chi connectivity index (χ2v) is 7.92. The summed E-state index contributed by atoms with van der Waals surface area (Å²) in [5.74, 6) is 0.0517. The maximum Gasteiger partial charge on any atom is 0.216 e. The van der Waals surface area contributed by atoms with Gasteiger partial charge in [0.2, 0.25) is 10.0 Å². The standard InChI is InChI=1S/C11H23NO3S/c1-8(2)11(13)7-12(6-10(11)5)16(14,15)9(3)4/h8-10,13H,6-7H2,1-5H3/t10-,11-/m1/s1. The molecule has 0 spiro atoms. The molecule has 16 heavy (non-hydrogen) atoms. The summed E-state index contributed by atoms with van der Waals surface area (Å²) in [7, 11) is -3.24. The largest absolute Gasteiger partial charge is 0.388 e. The summed E-state index contributed by atoms with van der Waals surface area (Å²) < 4.78 is 25.4. The van der Waals surface area contributed by atoms with Crippen LogP contribution in [0.5, 0.6) is 0 Å². The third kappa shape index (κ3) is 2.13. The fraction of sp³-hybridized carbons (Fsp3) is 1.00. The molecule has 1 aliphatic rings. The molecule has 0 aromatic heterocycles. The summed E-state index contributed by atoms with van der Waals surface area (Å²) in [6, 6.07) is 0. The molecule has 0 aromatic rings. The molecule has 0 bridgehead atoms. The van der Waals surface area contributed by atoms with Crippen LogP contribution >= 0.6 is 0 Å². The van der Waals surface area contributed by atoms with E-state index < -0.39 is 20.9 Å². The minimum atomic E-state index is -3.24. The first-order valence-corrected chi connectivity index (χ1v) is 7.34. The van der Waals surface area contributed by atoms with Gasteiger partial charge in [-0.25, -0.2) is 8.42 Å². The lowest BCUT2D eigenvalue weighted by molar-refractivity contribution is -0.0223. The van der Waals surface area contributed by atoms with E-state index in [1.54, 1.807) is 13.8 Å². The van der Waals surface area contributed by atoms with Gasteiger partial charge >= 0.3 is 0 Å². The van der Waals surface area contributed by atoms with Crippen molar-refractivity contribution in [2.45, 2.75) is 45.5 Å². The van der Waals surface area contributed by atoms with E-state index in [0.717, 1.165) is 0 Å². The Hall–Kier alpha value is -0.130. The molecular formula is C11H23NO3S. The lowest BCUT2D eigenvalue weighted by atomic mass is 9.82. The average molecular weight is 249 g/mol. The Labute approximate surface area is 98.7 Å².